The van der Waals surface area contributed by atoms with Crippen LogP contribution in [0.4, 0.5) is 11.4 Å². The maximum absolute atomic E-state index is 13.2. The number of nitrogens with one attached hydrogen (secondary N) is 1. The van der Waals surface area contributed by atoms with Crippen LogP contribution in [0.15, 0.2) is 29.2 Å². The zero-order valence-electron chi connectivity index (χ0n) is 16.8. The minimum Gasteiger partial charge on any atom is -0.497 e. The average molecular weight is 416 g/mol. The summed E-state index contributed by atoms with van der Waals surface area (Å²) in [5, 5.41) is 7.98. The van der Waals surface area contributed by atoms with Crippen molar-refractivity contribution >= 4 is 23.0 Å². The number of ether oxygens (including phenoxy) is 2. The first-order valence-corrected chi connectivity index (χ1v) is 10.7. The van der Waals surface area contributed by atoms with Gasteiger partial charge in [0.2, 0.25) is 0 Å². The minimum absolute atomic E-state index is 0.146. The van der Waals surface area contributed by atoms with Crippen molar-refractivity contribution in [3.05, 3.63) is 39.8 Å². The van der Waals surface area contributed by atoms with Crippen molar-refractivity contribution in [1.82, 2.24) is 9.78 Å². The number of anilines is 2. The molecule has 1 N–H and O–H groups in total. The van der Waals surface area contributed by atoms with Gasteiger partial charge in [0, 0.05) is 23.9 Å². The van der Waals surface area contributed by atoms with Gasteiger partial charge in [-0.2, -0.15) is 5.10 Å². The molecule has 0 unspecified atom stereocenters. The Hall–Kier alpha value is -2.21. The molecule has 4 aliphatic rings. The standard InChI is InChI=1S/C22H26ClN3O3/c1-28-17-6-16(7-18(8-17)29-2)25-19-12-24-26(21(27)20(19)23)22-9-13-3-14(10-22)5-15(4-13)11-22/h6-8,12-15,25H,3-5,9-11H2,1-2H3. The summed E-state index contributed by atoms with van der Waals surface area (Å²) in [7, 11) is 3.19. The first-order chi connectivity index (χ1) is 14.0. The van der Waals surface area contributed by atoms with Crippen LogP contribution in [0.1, 0.15) is 38.5 Å². The fourth-order valence-corrected chi connectivity index (χ4v) is 6.39. The van der Waals surface area contributed by atoms with Crippen molar-refractivity contribution in [3.8, 4) is 11.5 Å². The molecule has 6 nitrogen and oxygen atoms in total. The van der Waals surface area contributed by atoms with E-state index < -0.39 is 0 Å². The summed E-state index contributed by atoms with van der Waals surface area (Å²) < 4.78 is 12.3. The topological polar surface area (TPSA) is 65.4 Å². The molecule has 0 amide bonds. The van der Waals surface area contributed by atoms with Gasteiger partial charge in [-0.15, -0.1) is 0 Å². The number of halogens is 1. The van der Waals surface area contributed by atoms with E-state index in [-0.39, 0.29) is 16.1 Å². The highest BCUT2D eigenvalue weighted by atomic mass is 35.5. The molecule has 29 heavy (non-hydrogen) atoms. The summed E-state index contributed by atoms with van der Waals surface area (Å²) in [6, 6.07) is 5.43. The van der Waals surface area contributed by atoms with Crippen LogP contribution >= 0.6 is 11.6 Å². The van der Waals surface area contributed by atoms with Gasteiger partial charge < -0.3 is 14.8 Å². The van der Waals surface area contributed by atoms with E-state index in [0.717, 1.165) is 42.7 Å². The zero-order chi connectivity index (χ0) is 20.2. The minimum atomic E-state index is -0.200. The number of rotatable bonds is 5. The van der Waals surface area contributed by atoms with E-state index >= 15 is 0 Å². The van der Waals surface area contributed by atoms with Crippen LogP contribution in [0.5, 0.6) is 11.5 Å². The molecule has 154 valence electrons. The Morgan fingerprint density at radius 3 is 2.10 bits per heavy atom. The van der Waals surface area contributed by atoms with Crippen LogP contribution in [0.3, 0.4) is 0 Å². The van der Waals surface area contributed by atoms with Crippen LogP contribution in [0.2, 0.25) is 5.02 Å². The second-order valence-corrected chi connectivity index (χ2v) is 9.34. The predicted octanol–water partition coefficient (Wildman–Crippen LogP) is 4.58. The molecule has 7 heteroatoms. The molecule has 0 aliphatic heterocycles. The molecule has 1 heterocycles. The zero-order valence-corrected chi connectivity index (χ0v) is 17.5. The van der Waals surface area contributed by atoms with E-state index in [4.69, 9.17) is 21.1 Å². The van der Waals surface area contributed by atoms with Crippen molar-refractivity contribution < 1.29 is 9.47 Å². The van der Waals surface area contributed by atoms with Crippen molar-refractivity contribution in [2.45, 2.75) is 44.1 Å². The lowest BCUT2D eigenvalue weighted by atomic mass is 9.53. The second kappa shape index (κ2) is 6.94. The first-order valence-electron chi connectivity index (χ1n) is 10.3. The van der Waals surface area contributed by atoms with Gasteiger partial charge in [0.25, 0.3) is 5.56 Å². The molecule has 1 aromatic carbocycles. The number of benzene rings is 1. The fourth-order valence-electron chi connectivity index (χ4n) is 6.22. The molecular weight excluding hydrogens is 390 g/mol. The van der Waals surface area contributed by atoms with Crippen molar-refractivity contribution in [1.29, 1.82) is 0 Å². The van der Waals surface area contributed by atoms with E-state index in [9.17, 15) is 4.79 Å². The normalized spacial score (nSPS) is 29.7. The lowest BCUT2D eigenvalue weighted by Gasteiger charge is -2.56. The van der Waals surface area contributed by atoms with Crippen molar-refractivity contribution in [2.75, 3.05) is 19.5 Å². The third-order valence-electron chi connectivity index (χ3n) is 7.00. The smallest absolute Gasteiger partial charge is 0.288 e. The Kier molecular flexibility index (Phi) is 4.50. The van der Waals surface area contributed by atoms with Crippen molar-refractivity contribution in [2.24, 2.45) is 17.8 Å². The molecule has 6 rings (SSSR count). The van der Waals surface area contributed by atoms with Crippen LogP contribution in [0, 0.1) is 17.8 Å². The molecule has 4 bridgehead atoms. The van der Waals surface area contributed by atoms with Crippen molar-refractivity contribution in [3.63, 3.8) is 0 Å². The van der Waals surface area contributed by atoms with E-state index in [0.29, 0.717) is 17.2 Å². The summed E-state index contributed by atoms with van der Waals surface area (Å²) in [6.45, 7) is 0. The summed E-state index contributed by atoms with van der Waals surface area (Å²) in [5.41, 5.74) is 0.867. The van der Waals surface area contributed by atoms with Crippen LogP contribution in [-0.2, 0) is 5.54 Å². The molecule has 4 fully saturated rings. The number of hydrogen-bond donors (Lipinski definition) is 1. The van der Waals surface area contributed by atoms with Gasteiger partial charge >= 0.3 is 0 Å². The number of aromatic nitrogens is 2. The Labute approximate surface area is 175 Å². The number of methoxy groups -OCH3 is 2. The Morgan fingerprint density at radius 1 is 1.03 bits per heavy atom. The van der Waals surface area contributed by atoms with Gasteiger partial charge in [0.05, 0.1) is 31.6 Å². The molecular formula is C22H26ClN3O3. The Morgan fingerprint density at radius 2 is 1.59 bits per heavy atom. The summed E-state index contributed by atoms with van der Waals surface area (Å²) in [6.07, 6.45) is 8.80. The maximum Gasteiger partial charge on any atom is 0.288 e. The average Bonchev–Trinajstić information content (AvgIpc) is 2.70. The van der Waals surface area contributed by atoms with E-state index in [2.05, 4.69) is 10.4 Å². The monoisotopic (exact) mass is 415 g/mol. The highest BCUT2D eigenvalue weighted by molar-refractivity contribution is 6.33. The predicted molar refractivity (Wildman–Crippen MR) is 112 cm³/mol. The van der Waals surface area contributed by atoms with Crippen LogP contribution in [0.25, 0.3) is 0 Å². The maximum atomic E-state index is 13.2. The third-order valence-corrected chi connectivity index (χ3v) is 7.37. The highest BCUT2D eigenvalue weighted by Gasteiger charge is 2.53. The number of nitrogens with zero attached hydrogens (tertiary/aromatic N) is 2. The number of hydrogen-bond acceptors (Lipinski definition) is 5. The van der Waals surface area contributed by atoms with Gasteiger partial charge in [0.15, 0.2) is 0 Å². The quantitative estimate of drug-likeness (QED) is 0.774. The molecule has 0 atom stereocenters. The van der Waals surface area contributed by atoms with Gasteiger partial charge in [0.1, 0.15) is 16.5 Å². The van der Waals surface area contributed by atoms with E-state index in [1.54, 1.807) is 31.2 Å². The molecule has 4 aliphatic carbocycles. The molecule has 0 saturated heterocycles. The summed E-state index contributed by atoms with van der Waals surface area (Å²) in [5.74, 6) is 3.50. The molecule has 0 spiro atoms. The largest absolute Gasteiger partial charge is 0.497 e. The third kappa shape index (κ3) is 3.18. The molecule has 4 saturated carbocycles. The van der Waals surface area contributed by atoms with Gasteiger partial charge in [-0.05, 0) is 56.3 Å². The SMILES string of the molecule is COc1cc(Nc2cnn(C34CC5CC(CC(C5)C3)C4)c(=O)c2Cl)cc(OC)c1. The highest BCUT2D eigenvalue weighted by Crippen LogP contribution is 2.58. The Balaban J connectivity index is 1.48. The lowest BCUT2D eigenvalue weighted by Crippen LogP contribution is -2.55. The van der Waals surface area contributed by atoms with Gasteiger partial charge in [-0.1, -0.05) is 11.6 Å². The van der Waals surface area contributed by atoms with E-state index in [1.807, 2.05) is 12.1 Å². The second-order valence-electron chi connectivity index (χ2n) is 8.96. The van der Waals surface area contributed by atoms with Gasteiger partial charge in [-0.25, -0.2) is 4.68 Å². The molecule has 1 aromatic heterocycles. The van der Waals surface area contributed by atoms with Gasteiger partial charge in [-0.3, -0.25) is 4.79 Å². The lowest BCUT2D eigenvalue weighted by molar-refractivity contribution is -0.0518. The van der Waals surface area contributed by atoms with E-state index in [1.165, 1.54) is 19.3 Å². The van der Waals surface area contributed by atoms with Crippen LogP contribution < -0.4 is 20.3 Å². The fraction of sp³-hybridized carbons (Fsp3) is 0.545. The molecule has 0 radical (unpaired) electrons. The Bertz CT molecular complexity index is 946. The first kappa shape index (κ1) is 18.8. The summed E-state index contributed by atoms with van der Waals surface area (Å²) >= 11 is 6.54. The molecule has 2 aromatic rings. The summed E-state index contributed by atoms with van der Waals surface area (Å²) in [4.78, 5) is 13.2. The van der Waals surface area contributed by atoms with Crippen LogP contribution in [-0.4, -0.2) is 24.0 Å².